The molecule has 1 fully saturated rings. The van der Waals surface area contributed by atoms with Crippen LogP contribution in [0.1, 0.15) is 43.5 Å². The number of fused-ring (bicyclic) bond motifs is 1. The van der Waals surface area contributed by atoms with Crippen LogP contribution in [-0.2, 0) is 12.6 Å². The van der Waals surface area contributed by atoms with Gasteiger partial charge in [-0.05, 0) is 37.0 Å². The second-order valence-corrected chi connectivity index (χ2v) is 7.11. The summed E-state index contributed by atoms with van der Waals surface area (Å²) in [4.78, 5) is 12.7. The van der Waals surface area contributed by atoms with Crippen molar-refractivity contribution in [1.82, 2.24) is 19.6 Å². The third-order valence-corrected chi connectivity index (χ3v) is 5.29. The van der Waals surface area contributed by atoms with Gasteiger partial charge in [-0.15, -0.1) is 0 Å². The summed E-state index contributed by atoms with van der Waals surface area (Å²) in [5.41, 5.74) is -0.611. The van der Waals surface area contributed by atoms with Gasteiger partial charge in [0, 0.05) is 7.05 Å². The van der Waals surface area contributed by atoms with Gasteiger partial charge in [0.05, 0.1) is 28.3 Å². The molecule has 0 saturated heterocycles. The standard InChI is InChI=1S/C18H18ClFN4O2/c1-3-18(26,10-4-7-14(20)13(19)8-10)16-12-9-21-24(11-5-6-11)17(25)15(12)22-23(16)2/h4,7-9,11,26H,3,5-6H2,1-2H3/t18-/m1/s1. The predicted octanol–water partition coefficient (Wildman–Crippen LogP) is 2.90. The summed E-state index contributed by atoms with van der Waals surface area (Å²) in [6.07, 6.45) is 3.73. The van der Waals surface area contributed by atoms with E-state index in [4.69, 9.17) is 11.6 Å². The number of halogens is 2. The first-order chi connectivity index (χ1) is 12.4. The van der Waals surface area contributed by atoms with Crippen molar-refractivity contribution < 1.29 is 9.50 Å². The number of hydrogen-bond donors (Lipinski definition) is 1. The molecule has 0 bridgehead atoms. The zero-order chi connectivity index (χ0) is 18.6. The van der Waals surface area contributed by atoms with Crippen LogP contribution in [-0.4, -0.2) is 24.7 Å². The lowest BCUT2D eigenvalue weighted by atomic mass is 9.86. The lowest BCUT2D eigenvalue weighted by molar-refractivity contribution is 0.0691. The molecule has 0 unspecified atom stereocenters. The molecule has 1 saturated carbocycles. The van der Waals surface area contributed by atoms with Crippen molar-refractivity contribution in [3.8, 4) is 0 Å². The summed E-state index contributed by atoms with van der Waals surface area (Å²) in [7, 11) is 1.67. The molecule has 0 aliphatic heterocycles. The molecule has 6 nitrogen and oxygen atoms in total. The number of nitrogens with zero attached hydrogens (tertiary/aromatic N) is 4. The second-order valence-electron chi connectivity index (χ2n) is 6.70. The molecule has 26 heavy (non-hydrogen) atoms. The highest BCUT2D eigenvalue weighted by atomic mass is 35.5. The van der Waals surface area contributed by atoms with Crippen molar-refractivity contribution in [2.45, 2.75) is 37.8 Å². The van der Waals surface area contributed by atoms with Gasteiger partial charge < -0.3 is 5.11 Å². The van der Waals surface area contributed by atoms with E-state index in [-0.39, 0.29) is 28.6 Å². The largest absolute Gasteiger partial charge is 0.379 e. The maximum absolute atomic E-state index is 13.6. The van der Waals surface area contributed by atoms with Crippen LogP contribution in [0, 0.1) is 5.82 Å². The molecule has 2 heterocycles. The van der Waals surface area contributed by atoms with E-state index in [1.54, 1.807) is 20.2 Å². The van der Waals surface area contributed by atoms with Crippen LogP contribution in [0.4, 0.5) is 4.39 Å². The molecule has 1 N–H and O–H groups in total. The van der Waals surface area contributed by atoms with Gasteiger partial charge in [-0.25, -0.2) is 9.07 Å². The Morgan fingerprint density at radius 1 is 1.42 bits per heavy atom. The van der Waals surface area contributed by atoms with Gasteiger partial charge in [0.1, 0.15) is 11.4 Å². The normalized spacial score (nSPS) is 16.8. The first kappa shape index (κ1) is 17.2. The lowest BCUT2D eigenvalue weighted by Gasteiger charge is -2.28. The molecule has 0 radical (unpaired) electrons. The van der Waals surface area contributed by atoms with E-state index < -0.39 is 11.4 Å². The quantitative estimate of drug-likeness (QED) is 0.759. The van der Waals surface area contributed by atoms with Crippen LogP contribution in [0.15, 0.2) is 29.2 Å². The van der Waals surface area contributed by atoms with Gasteiger partial charge in [0.25, 0.3) is 5.56 Å². The fourth-order valence-electron chi connectivity index (χ4n) is 3.43. The molecule has 1 aliphatic rings. The summed E-state index contributed by atoms with van der Waals surface area (Å²) in [5, 5.41) is 20.5. The molecule has 136 valence electrons. The highest BCUT2D eigenvalue weighted by Gasteiger charge is 2.37. The van der Waals surface area contributed by atoms with Crippen molar-refractivity contribution in [1.29, 1.82) is 0 Å². The fourth-order valence-corrected chi connectivity index (χ4v) is 3.61. The summed E-state index contributed by atoms with van der Waals surface area (Å²) in [6.45, 7) is 1.80. The molecule has 4 rings (SSSR count). The van der Waals surface area contributed by atoms with Crippen molar-refractivity contribution in [2.24, 2.45) is 7.05 Å². The summed E-state index contributed by atoms with van der Waals surface area (Å²) >= 11 is 5.91. The third kappa shape index (κ3) is 2.46. The van der Waals surface area contributed by atoms with E-state index >= 15 is 0 Å². The minimum absolute atomic E-state index is 0.0740. The zero-order valence-electron chi connectivity index (χ0n) is 14.4. The molecule has 8 heteroatoms. The van der Waals surface area contributed by atoms with Crippen molar-refractivity contribution in [3.05, 3.63) is 56.8 Å². The van der Waals surface area contributed by atoms with Crippen molar-refractivity contribution in [2.75, 3.05) is 0 Å². The maximum Gasteiger partial charge on any atom is 0.295 e. The highest BCUT2D eigenvalue weighted by Crippen LogP contribution is 2.38. The number of rotatable bonds is 4. The van der Waals surface area contributed by atoms with Gasteiger partial charge in [-0.2, -0.15) is 10.2 Å². The Labute approximate surface area is 153 Å². The van der Waals surface area contributed by atoms with Crippen molar-refractivity contribution in [3.63, 3.8) is 0 Å². The Morgan fingerprint density at radius 2 is 2.15 bits per heavy atom. The first-order valence-corrected chi connectivity index (χ1v) is 8.87. The second kappa shape index (κ2) is 5.89. The number of aliphatic hydroxyl groups is 1. The average Bonchev–Trinajstić information content (AvgIpc) is 3.39. The summed E-state index contributed by atoms with van der Waals surface area (Å²) < 4.78 is 16.5. The van der Waals surface area contributed by atoms with Crippen LogP contribution in [0.25, 0.3) is 10.9 Å². The minimum atomic E-state index is -1.49. The molecular weight excluding hydrogens is 359 g/mol. The molecule has 1 aliphatic carbocycles. The Hall–Kier alpha value is -2.25. The summed E-state index contributed by atoms with van der Waals surface area (Å²) in [6, 6.07) is 4.24. The average molecular weight is 377 g/mol. The van der Waals surface area contributed by atoms with E-state index in [1.807, 2.05) is 0 Å². The van der Waals surface area contributed by atoms with Gasteiger partial charge >= 0.3 is 0 Å². The van der Waals surface area contributed by atoms with Crippen LogP contribution >= 0.6 is 11.6 Å². The van der Waals surface area contributed by atoms with E-state index in [1.165, 1.54) is 27.6 Å². The molecule has 1 aromatic carbocycles. The molecular formula is C18H18ClFN4O2. The number of aromatic nitrogens is 4. The smallest absolute Gasteiger partial charge is 0.295 e. The summed E-state index contributed by atoms with van der Waals surface area (Å²) in [5.74, 6) is -0.558. The Balaban J connectivity index is 1.96. The molecule has 3 aromatic rings. The van der Waals surface area contributed by atoms with E-state index in [2.05, 4.69) is 10.2 Å². The number of aryl methyl sites for hydroxylation is 1. The Bertz CT molecular complexity index is 1070. The molecule has 0 spiro atoms. The predicted molar refractivity (Wildman–Crippen MR) is 95.7 cm³/mol. The monoisotopic (exact) mass is 376 g/mol. The minimum Gasteiger partial charge on any atom is -0.379 e. The number of benzene rings is 1. The zero-order valence-corrected chi connectivity index (χ0v) is 15.2. The molecule has 1 atom stereocenters. The lowest BCUT2D eigenvalue weighted by Crippen LogP contribution is -2.29. The van der Waals surface area contributed by atoms with Crippen LogP contribution in [0.5, 0.6) is 0 Å². The van der Waals surface area contributed by atoms with Gasteiger partial charge in [0.2, 0.25) is 0 Å². The Morgan fingerprint density at radius 3 is 2.77 bits per heavy atom. The third-order valence-electron chi connectivity index (χ3n) is 5.00. The number of hydrogen-bond acceptors (Lipinski definition) is 4. The van der Waals surface area contributed by atoms with Crippen LogP contribution in [0.2, 0.25) is 5.02 Å². The molecule has 0 amide bonds. The van der Waals surface area contributed by atoms with Gasteiger partial charge in [-0.1, -0.05) is 24.6 Å². The van der Waals surface area contributed by atoms with Crippen molar-refractivity contribution >= 4 is 22.5 Å². The van der Waals surface area contributed by atoms with Crippen LogP contribution in [0.3, 0.4) is 0 Å². The molecule has 2 aromatic heterocycles. The van der Waals surface area contributed by atoms with E-state index in [9.17, 15) is 14.3 Å². The van der Waals surface area contributed by atoms with Gasteiger partial charge in [0.15, 0.2) is 5.52 Å². The Kier molecular flexibility index (Phi) is 3.89. The van der Waals surface area contributed by atoms with E-state index in [0.717, 1.165) is 12.8 Å². The maximum atomic E-state index is 13.6. The topological polar surface area (TPSA) is 72.9 Å². The van der Waals surface area contributed by atoms with Crippen LogP contribution < -0.4 is 5.56 Å². The fraction of sp³-hybridized carbons (Fsp3) is 0.389. The van der Waals surface area contributed by atoms with E-state index in [0.29, 0.717) is 16.6 Å². The first-order valence-electron chi connectivity index (χ1n) is 8.49. The van der Waals surface area contributed by atoms with Gasteiger partial charge in [-0.3, -0.25) is 9.48 Å². The SMILES string of the molecule is CC[C@@](O)(c1ccc(F)c(Cl)c1)c1c2cnn(C3CC3)c(=O)c2nn1C. The highest BCUT2D eigenvalue weighted by molar-refractivity contribution is 6.30.